The summed E-state index contributed by atoms with van der Waals surface area (Å²) in [7, 11) is -4.31. The van der Waals surface area contributed by atoms with Crippen LogP contribution in [0, 0.1) is 0 Å². The normalized spacial score (nSPS) is 13.6. The van der Waals surface area contributed by atoms with E-state index in [1.54, 1.807) is 0 Å². The highest BCUT2D eigenvalue weighted by molar-refractivity contribution is 7.85. The van der Waals surface area contributed by atoms with Crippen molar-refractivity contribution >= 4 is 16.0 Å². The molecule has 45 heavy (non-hydrogen) atoms. The average Bonchev–Trinajstić information content (AvgIpc) is 3.00. The number of hydrogen-bond donors (Lipinski definition) is 3. The van der Waals surface area contributed by atoms with Gasteiger partial charge in [0.1, 0.15) is 0 Å². The number of amides is 1. The fourth-order valence-electron chi connectivity index (χ4n) is 5.79. The Bertz CT molecular complexity index is 811. The van der Waals surface area contributed by atoms with E-state index in [1.165, 1.54) is 96.3 Å². The Hall–Kier alpha value is -1.18. The first-order chi connectivity index (χ1) is 21.8. The second kappa shape index (κ2) is 32.7. The fourth-order valence-corrected chi connectivity index (χ4v) is 6.55. The lowest BCUT2D eigenvalue weighted by Crippen LogP contribution is -2.47. The summed E-state index contributed by atoms with van der Waals surface area (Å²) in [4.78, 5) is 12.5. The van der Waals surface area contributed by atoms with Gasteiger partial charge in [-0.2, -0.15) is 8.42 Å². The molecule has 6 nitrogen and oxygen atoms in total. The molecule has 0 aliphatic rings. The van der Waals surface area contributed by atoms with E-state index in [1.807, 2.05) is 0 Å². The summed E-state index contributed by atoms with van der Waals surface area (Å²) in [6.07, 6.45) is 39.8. The van der Waals surface area contributed by atoms with Crippen molar-refractivity contribution in [3.05, 3.63) is 24.3 Å². The average molecular weight is 656 g/mol. The molecule has 0 saturated heterocycles. The molecule has 266 valence electrons. The Morgan fingerprint density at radius 2 is 1.04 bits per heavy atom. The molecular formula is C38H73NO5S. The van der Waals surface area contributed by atoms with Crippen LogP contribution < -0.4 is 5.32 Å². The minimum Gasteiger partial charge on any atom is -0.391 e. The van der Waals surface area contributed by atoms with Gasteiger partial charge < -0.3 is 10.4 Å². The van der Waals surface area contributed by atoms with Gasteiger partial charge in [0.2, 0.25) is 5.91 Å². The van der Waals surface area contributed by atoms with Gasteiger partial charge in [-0.05, 0) is 38.5 Å². The lowest BCUT2D eigenvalue weighted by Gasteiger charge is -2.23. The SMILES string of the molecule is CCC/C=C\C/C=C\CCCCCCCC(=O)NC(CS(=O)(=O)O)C(O)CCCCCCCCCCCCCCCCCCC. The number of aliphatic hydroxyl groups is 1. The van der Waals surface area contributed by atoms with Crippen LogP contribution in [0.3, 0.4) is 0 Å². The topological polar surface area (TPSA) is 104 Å². The van der Waals surface area contributed by atoms with E-state index in [9.17, 15) is 22.9 Å². The first-order valence-electron chi connectivity index (χ1n) is 19.0. The van der Waals surface area contributed by atoms with Crippen LogP contribution in [0.25, 0.3) is 0 Å². The summed E-state index contributed by atoms with van der Waals surface area (Å²) in [5.41, 5.74) is 0. The van der Waals surface area contributed by atoms with Crippen molar-refractivity contribution in [3.63, 3.8) is 0 Å². The van der Waals surface area contributed by atoms with Crippen LogP contribution in [0.4, 0.5) is 0 Å². The van der Waals surface area contributed by atoms with E-state index in [-0.39, 0.29) is 5.91 Å². The monoisotopic (exact) mass is 656 g/mol. The number of rotatable bonds is 34. The molecular weight excluding hydrogens is 582 g/mol. The van der Waals surface area contributed by atoms with Gasteiger partial charge in [0, 0.05) is 6.42 Å². The number of carbonyl (C=O) groups excluding carboxylic acids is 1. The Morgan fingerprint density at radius 3 is 1.53 bits per heavy atom. The summed E-state index contributed by atoms with van der Waals surface area (Å²) in [5, 5.41) is 13.3. The molecule has 2 atom stereocenters. The summed E-state index contributed by atoms with van der Waals surface area (Å²) in [6, 6.07) is -0.975. The Balaban J connectivity index is 3.90. The largest absolute Gasteiger partial charge is 0.391 e. The smallest absolute Gasteiger partial charge is 0.266 e. The van der Waals surface area contributed by atoms with Crippen LogP contribution in [-0.4, -0.2) is 41.9 Å². The quantitative estimate of drug-likeness (QED) is 0.0363. The van der Waals surface area contributed by atoms with Crippen molar-refractivity contribution in [2.45, 2.75) is 206 Å². The Labute approximate surface area is 279 Å². The molecule has 0 rings (SSSR count). The van der Waals surface area contributed by atoms with Crippen molar-refractivity contribution in [1.82, 2.24) is 5.32 Å². The molecule has 7 heteroatoms. The van der Waals surface area contributed by atoms with E-state index in [2.05, 4.69) is 43.5 Å². The first-order valence-corrected chi connectivity index (χ1v) is 20.6. The summed E-state index contributed by atoms with van der Waals surface area (Å²) >= 11 is 0. The van der Waals surface area contributed by atoms with Crippen molar-refractivity contribution in [2.75, 3.05) is 5.75 Å². The number of aliphatic hydroxyl groups excluding tert-OH is 1. The molecule has 1 amide bonds. The third-order valence-electron chi connectivity index (χ3n) is 8.64. The highest BCUT2D eigenvalue weighted by Crippen LogP contribution is 2.16. The van der Waals surface area contributed by atoms with Crippen LogP contribution in [0.15, 0.2) is 24.3 Å². The molecule has 0 spiro atoms. The van der Waals surface area contributed by atoms with E-state index in [0.29, 0.717) is 12.8 Å². The van der Waals surface area contributed by atoms with Crippen molar-refractivity contribution in [2.24, 2.45) is 0 Å². The number of unbranched alkanes of at least 4 members (excludes halogenated alkanes) is 22. The first kappa shape index (κ1) is 43.8. The Kier molecular flexibility index (Phi) is 31.9. The van der Waals surface area contributed by atoms with Gasteiger partial charge in [0.05, 0.1) is 17.9 Å². The molecule has 0 aliphatic heterocycles. The fraction of sp³-hybridized carbons (Fsp3) is 0.868. The molecule has 3 N–H and O–H groups in total. The summed E-state index contributed by atoms with van der Waals surface area (Å²) in [6.45, 7) is 4.45. The van der Waals surface area contributed by atoms with Gasteiger partial charge >= 0.3 is 0 Å². The predicted octanol–water partition coefficient (Wildman–Crippen LogP) is 10.8. The number of allylic oxidation sites excluding steroid dienone is 4. The maximum absolute atomic E-state index is 12.5. The van der Waals surface area contributed by atoms with Gasteiger partial charge in [0.25, 0.3) is 10.1 Å². The van der Waals surface area contributed by atoms with Crippen LogP contribution in [0.1, 0.15) is 194 Å². The number of hydrogen-bond acceptors (Lipinski definition) is 4. The third-order valence-corrected chi connectivity index (χ3v) is 9.42. The second-order valence-corrected chi connectivity index (χ2v) is 14.7. The highest BCUT2D eigenvalue weighted by Gasteiger charge is 2.26. The zero-order chi connectivity index (χ0) is 33.3. The maximum Gasteiger partial charge on any atom is 0.266 e. The van der Waals surface area contributed by atoms with Gasteiger partial charge in [0.15, 0.2) is 0 Å². The molecule has 0 aromatic carbocycles. The van der Waals surface area contributed by atoms with Crippen LogP contribution in [-0.2, 0) is 14.9 Å². The molecule has 0 aliphatic carbocycles. The molecule has 0 saturated carbocycles. The summed E-state index contributed by atoms with van der Waals surface area (Å²) in [5.74, 6) is -0.912. The molecule has 0 bridgehead atoms. The van der Waals surface area contributed by atoms with Gasteiger partial charge in [-0.1, -0.05) is 173 Å². The van der Waals surface area contributed by atoms with Crippen molar-refractivity contribution < 1.29 is 22.9 Å². The van der Waals surface area contributed by atoms with Gasteiger partial charge in [-0.3, -0.25) is 9.35 Å². The van der Waals surface area contributed by atoms with E-state index in [0.717, 1.165) is 70.6 Å². The van der Waals surface area contributed by atoms with Crippen LogP contribution >= 0.6 is 0 Å². The standard InChI is InChI=1S/C38H73NO5S/c1-3-5-7-9-11-13-15-17-18-19-20-22-23-25-27-29-31-33-37(40)36(35-45(42,43)44)39-38(41)34-32-30-28-26-24-21-16-14-12-10-8-6-4-2/h8,10,14,16,36-37,40H,3-7,9,11-13,15,17-35H2,1-2H3,(H,39,41)(H,42,43,44)/b10-8-,16-14-. The molecule has 0 radical (unpaired) electrons. The lowest BCUT2D eigenvalue weighted by atomic mass is 10.0. The van der Waals surface area contributed by atoms with Crippen LogP contribution in [0.5, 0.6) is 0 Å². The maximum atomic E-state index is 12.5. The zero-order valence-corrected chi connectivity index (χ0v) is 30.3. The number of nitrogens with one attached hydrogen (secondary N) is 1. The lowest BCUT2D eigenvalue weighted by molar-refractivity contribution is -0.122. The molecule has 0 aromatic rings. The molecule has 0 heterocycles. The van der Waals surface area contributed by atoms with E-state index < -0.39 is 28.0 Å². The number of carbonyl (C=O) groups is 1. The predicted molar refractivity (Wildman–Crippen MR) is 193 cm³/mol. The minimum absolute atomic E-state index is 0.260. The van der Waals surface area contributed by atoms with Crippen molar-refractivity contribution in [1.29, 1.82) is 0 Å². The van der Waals surface area contributed by atoms with E-state index in [4.69, 9.17) is 0 Å². The Morgan fingerprint density at radius 1 is 0.600 bits per heavy atom. The van der Waals surface area contributed by atoms with Gasteiger partial charge in [-0.15, -0.1) is 0 Å². The third kappa shape index (κ3) is 34.0. The van der Waals surface area contributed by atoms with Gasteiger partial charge in [-0.25, -0.2) is 0 Å². The minimum atomic E-state index is -4.31. The highest BCUT2D eigenvalue weighted by atomic mass is 32.2. The van der Waals surface area contributed by atoms with E-state index >= 15 is 0 Å². The van der Waals surface area contributed by atoms with Crippen LogP contribution in [0.2, 0.25) is 0 Å². The molecule has 2 unspecified atom stereocenters. The molecule has 0 aromatic heterocycles. The van der Waals surface area contributed by atoms with Crippen molar-refractivity contribution in [3.8, 4) is 0 Å². The molecule has 0 fully saturated rings. The summed E-state index contributed by atoms with van der Waals surface area (Å²) < 4.78 is 32.4. The second-order valence-electron chi connectivity index (χ2n) is 13.2. The zero-order valence-electron chi connectivity index (χ0n) is 29.5.